The van der Waals surface area contributed by atoms with E-state index in [1.165, 1.54) is 12.8 Å². The summed E-state index contributed by atoms with van der Waals surface area (Å²) in [6.45, 7) is 8.41. The Hall–Kier alpha value is -0.370. The Kier molecular flexibility index (Phi) is 3.83. The Morgan fingerprint density at radius 2 is 1.62 bits per heavy atom. The van der Waals surface area contributed by atoms with E-state index in [0.29, 0.717) is 5.78 Å². The molecule has 0 aromatic carbocycles. The first kappa shape index (κ1) is 13.7. The minimum absolute atomic E-state index is 0.204. The van der Waals surface area contributed by atoms with Gasteiger partial charge in [0.05, 0.1) is 5.54 Å². The lowest BCUT2D eigenvalue weighted by Crippen LogP contribution is -2.56. The van der Waals surface area contributed by atoms with Crippen LogP contribution >= 0.6 is 0 Å². The second-order valence-corrected chi connectivity index (χ2v) is 6.69. The highest BCUT2D eigenvalue weighted by atomic mass is 16.1. The Balaban J connectivity index is 2.95. The third kappa shape index (κ3) is 2.48. The van der Waals surface area contributed by atoms with Crippen LogP contribution in [0.1, 0.15) is 53.4 Å². The van der Waals surface area contributed by atoms with Crippen molar-refractivity contribution in [1.29, 1.82) is 0 Å². The third-order valence-corrected chi connectivity index (χ3v) is 4.06. The molecule has 1 aliphatic rings. The number of ketones is 1. The van der Waals surface area contributed by atoms with Gasteiger partial charge in [-0.25, -0.2) is 0 Å². The van der Waals surface area contributed by atoms with Crippen molar-refractivity contribution in [1.82, 2.24) is 4.90 Å². The molecule has 2 nitrogen and oxygen atoms in total. The van der Waals surface area contributed by atoms with Gasteiger partial charge in [-0.2, -0.15) is 0 Å². The molecule has 0 bridgehead atoms. The number of hydrogen-bond acceptors (Lipinski definition) is 2. The fourth-order valence-electron chi connectivity index (χ4n) is 2.82. The van der Waals surface area contributed by atoms with Gasteiger partial charge in [0.25, 0.3) is 0 Å². The summed E-state index contributed by atoms with van der Waals surface area (Å²) in [6, 6.07) is 0. The van der Waals surface area contributed by atoms with E-state index < -0.39 is 0 Å². The molecule has 0 radical (unpaired) electrons. The molecule has 94 valence electrons. The monoisotopic (exact) mass is 225 g/mol. The number of Topliss-reactive ketones (excluding diaryl/α,β-unsaturated/α-hetero) is 1. The van der Waals surface area contributed by atoms with Crippen LogP contribution in [0.15, 0.2) is 0 Å². The van der Waals surface area contributed by atoms with E-state index in [2.05, 4.69) is 25.9 Å². The van der Waals surface area contributed by atoms with Gasteiger partial charge in [0, 0.05) is 5.41 Å². The van der Waals surface area contributed by atoms with E-state index in [9.17, 15) is 4.79 Å². The van der Waals surface area contributed by atoms with Crippen molar-refractivity contribution in [3.63, 3.8) is 0 Å². The molecule has 0 aliphatic heterocycles. The van der Waals surface area contributed by atoms with E-state index in [0.717, 1.165) is 18.8 Å². The molecule has 16 heavy (non-hydrogen) atoms. The summed E-state index contributed by atoms with van der Waals surface area (Å²) in [5.74, 6) is 1.19. The number of likely N-dealkylation sites (N-methyl/N-ethyl adjacent to an activating group) is 1. The van der Waals surface area contributed by atoms with E-state index in [4.69, 9.17) is 0 Å². The molecular weight excluding hydrogens is 198 g/mol. The second kappa shape index (κ2) is 4.48. The molecule has 0 aromatic rings. The quantitative estimate of drug-likeness (QED) is 0.719. The molecule has 0 N–H and O–H groups in total. The zero-order valence-electron chi connectivity index (χ0n) is 11.8. The van der Waals surface area contributed by atoms with Gasteiger partial charge in [0.2, 0.25) is 0 Å². The zero-order chi connectivity index (χ0) is 12.6. The Bertz CT molecular complexity index is 254. The summed E-state index contributed by atoms with van der Waals surface area (Å²) in [5, 5.41) is 0. The Labute approximate surface area is 100 Å². The van der Waals surface area contributed by atoms with E-state index in [-0.39, 0.29) is 11.0 Å². The normalized spacial score (nSPS) is 31.8. The molecule has 0 saturated heterocycles. The SMILES string of the molecule is CC1CCC(C(=O)C(C)(C)C)(N(C)C)CC1. The molecule has 0 heterocycles. The summed E-state index contributed by atoms with van der Waals surface area (Å²) in [4.78, 5) is 14.8. The predicted molar refractivity (Wildman–Crippen MR) is 68.5 cm³/mol. The lowest BCUT2D eigenvalue weighted by atomic mass is 9.68. The molecule has 0 unspecified atom stereocenters. The summed E-state index contributed by atoms with van der Waals surface area (Å²) in [5.41, 5.74) is -0.435. The highest BCUT2D eigenvalue weighted by Gasteiger charge is 2.46. The van der Waals surface area contributed by atoms with Crippen LogP contribution < -0.4 is 0 Å². The van der Waals surface area contributed by atoms with E-state index >= 15 is 0 Å². The minimum Gasteiger partial charge on any atom is -0.297 e. The summed E-state index contributed by atoms with van der Waals surface area (Å²) in [7, 11) is 4.11. The molecular formula is C14H27NO. The summed E-state index contributed by atoms with van der Waals surface area (Å²) >= 11 is 0. The van der Waals surface area contributed by atoms with Crippen LogP contribution in [0.4, 0.5) is 0 Å². The molecule has 1 fully saturated rings. The summed E-state index contributed by atoms with van der Waals surface area (Å²) in [6.07, 6.45) is 4.41. The number of carbonyl (C=O) groups excluding carboxylic acids is 1. The van der Waals surface area contributed by atoms with Crippen LogP contribution in [-0.4, -0.2) is 30.3 Å². The van der Waals surface area contributed by atoms with Crippen molar-refractivity contribution in [2.24, 2.45) is 11.3 Å². The minimum atomic E-state index is -0.231. The molecule has 1 saturated carbocycles. The average Bonchev–Trinajstić information content (AvgIpc) is 2.16. The lowest BCUT2D eigenvalue weighted by Gasteiger charge is -2.46. The van der Waals surface area contributed by atoms with Crippen molar-refractivity contribution >= 4 is 5.78 Å². The molecule has 0 amide bonds. The third-order valence-electron chi connectivity index (χ3n) is 4.06. The van der Waals surface area contributed by atoms with Gasteiger partial charge in [-0.1, -0.05) is 27.7 Å². The van der Waals surface area contributed by atoms with Gasteiger partial charge in [-0.05, 0) is 45.7 Å². The molecule has 2 heteroatoms. The molecule has 0 atom stereocenters. The van der Waals surface area contributed by atoms with Crippen LogP contribution in [0.3, 0.4) is 0 Å². The molecule has 1 rings (SSSR count). The summed E-state index contributed by atoms with van der Waals surface area (Å²) < 4.78 is 0. The Morgan fingerprint density at radius 1 is 1.19 bits per heavy atom. The standard InChI is InChI=1S/C14H27NO/c1-11-7-9-14(10-8-11,15(5)6)12(16)13(2,3)4/h11H,7-10H2,1-6H3. The molecule has 0 aromatic heterocycles. The predicted octanol–water partition coefficient (Wildman–Crippen LogP) is 3.11. The van der Waals surface area contributed by atoms with Crippen LogP contribution in [0, 0.1) is 11.3 Å². The van der Waals surface area contributed by atoms with Crippen LogP contribution in [-0.2, 0) is 4.79 Å². The highest BCUT2D eigenvalue weighted by molar-refractivity contribution is 5.92. The van der Waals surface area contributed by atoms with Crippen molar-refractivity contribution < 1.29 is 4.79 Å². The van der Waals surface area contributed by atoms with Crippen molar-refractivity contribution in [3.8, 4) is 0 Å². The smallest absolute Gasteiger partial charge is 0.158 e. The largest absolute Gasteiger partial charge is 0.297 e. The molecule has 0 spiro atoms. The fourth-order valence-corrected chi connectivity index (χ4v) is 2.82. The van der Waals surface area contributed by atoms with Gasteiger partial charge < -0.3 is 0 Å². The number of hydrogen-bond donors (Lipinski definition) is 0. The zero-order valence-corrected chi connectivity index (χ0v) is 11.8. The van der Waals surface area contributed by atoms with Gasteiger partial charge in [0.15, 0.2) is 5.78 Å². The van der Waals surface area contributed by atoms with Gasteiger partial charge in [-0.15, -0.1) is 0 Å². The lowest BCUT2D eigenvalue weighted by molar-refractivity contribution is -0.140. The topological polar surface area (TPSA) is 20.3 Å². The van der Waals surface area contributed by atoms with Gasteiger partial charge in [0.1, 0.15) is 0 Å². The molecule has 1 aliphatic carbocycles. The maximum atomic E-state index is 12.6. The van der Waals surface area contributed by atoms with E-state index in [1.54, 1.807) is 0 Å². The van der Waals surface area contributed by atoms with Crippen molar-refractivity contribution in [2.45, 2.75) is 58.9 Å². The first-order chi connectivity index (χ1) is 7.20. The van der Waals surface area contributed by atoms with E-state index in [1.807, 2.05) is 20.8 Å². The van der Waals surface area contributed by atoms with Crippen molar-refractivity contribution in [3.05, 3.63) is 0 Å². The van der Waals surface area contributed by atoms with Crippen LogP contribution in [0.2, 0.25) is 0 Å². The van der Waals surface area contributed by atoms with Crippen molar-refractivity contribution in [2.75, 3.05) is 14.1 Å². The first-order valence-corrected chi connectivity index (χ1v) is 6.42. The van der Waals surface area contributed by atoms with Gasteiger partial charge >= 0.3 is 0 Å². The van der Waals surface area contributed by atoms with Crippen LogP contribution in [0.25, 0.3) is 0 Å². The second-order valence-electron chi connectivity index (χ2n) is 6.69. The first-order valence-electron chi connectivity index (χ1n) is 6.42. The number of rotatable bonds is 2. The average molecular weight is 225 g/mol. The highest BCUT2D eigenvalue weighted by Crippen LogP contribution is 2.40. The number of carbonyl (C=O) groups is 1. The van der Waals surface area contributed by atoms with Gasteiger partial charge in [-0.3, -0.25) is 9.69 Å². The maximum absolute atomic E-state index is 12.6. The number of nitrogens with zero attached hydrogens (tertiary/aromatic N) is 1. The van der Waals surface area contributed by atoms with Crippen LogP contribution in [0.5, 0.6) is 0 Å². The maximum Gasteiger partial charge on any atom is 0.158 e. The Morgan fingerprint density at radius 3 is 1.94 bits per heavy atom. The fraction of sp³-hybridized carbons (Fsp3) is 0.929.